The molecule has 1 unspecified atom stereocenters. The van der Waals surface area contributed by atoms with Gasteiger partial charge in [-0.25, -0.2) is 8.42 Å². The van der Waals surface area contributed by atoms with E-state index in [9.17, 15) is 21.6 Å². The van der Waals surface area contributed by atoms with E-state index in [4.69, 9.17) is 11.6 Å². The van der Waals surface area contributed by atoms with Gasteiger partial charge in [-0.05, 0) is 47.5 Å². The first kappa shape index (κ1) is 24.5. The molecule has 0 saturated carbocycles. The predicted molar refractivity (Wildman–Crippen MR) is 126 cm³/mol. The van der Waals surface area contributed by atoms with E-state index in [1.54, 1.807) is 30.3 Å². The van der Waals surface area contributed by atoms with Crippen molar-refractivity contribution in [3.8, 4) is 0 Å². The van der Waals surface area contributed by atoms with Crippen LogP contribution in [0.5, 0.6) is 0 Å². The maximum Gasteiger partial charge on any atom is 0.433 e. The highest BCUT2D eigenvalue weighted by molar-refractivity contribution is 7.90. The SMILES string of the molecule is CS(=O)(=O)c1cccc(N2CCN(Cc3ccc(C(F)(F)F)nc3)C(c3ccc(Cl)cc3)C2)c1. The summed E-state index contributed by atoms with van der Waals surface area (Å²) in [5.74, 6) is 0. The third-order valence-corrected chi connectivity index (χ3v) is 7.22. The van der Waals surface area contributed by atoms with Gasteiger partial charge in [0.05, 0.1) is 10.9 Å². The zero-order valence-electron chi connectivity index (χ0n) is 18.3. The molecule has 10 heteroatoms. The molecule has 0 radical (unpaired) electrons. The van der Waals surface area contributed by atoms with Gasteiger partial charge in [-0.1, -0.05) is 35.9 Å². The quantitative estimate of drug-likeness (QED) is 0.472. The fourth-order valence-electron chi connectivity index (χ4n) is 4.08. The number of pyridine rings is 1. The summed E-state index contributed by atoms with van der Waals surface area (Å²) in [4.78, 5) is 8.14. The van der Waals surface area contributed by atoms with Crippen molar-refractivity contribution in [3.63, 3.8) is 0 Å². The van der Waals surface area contributed by atoms with Crippen LogP contribution in [0.3, 0.4) is 0 Å². The summed E-state index contributed by atoms with van der Waals surface area (Å²) in [5.41, 5.74) is 1.58. The zero-order valence-corrected chi connectivity index (χ0v) is 19.9. The molecule has 180 valence electrons. The summed E-state index contributed by atoms with van der Waals surface area (Å²) >= 11 is 6.07. The second kappa shape index (κ2) is 9.56. The average molecular weight is 510 g/mol. The van der Waals surface area contributed by atoms with Crippen molar-refractivity contribution < 1.29 is 21.6 Å². The summed E-state index contributed by atoms with van der Waals surface area (Å²) in [6.45, 7) is 2.25. The monoisotopic (exact) mass is 509 g/mol. The smallest absolute Gasteiger partial charge is 0.368 e. The van der Waals surface area contributed by atoms with Gasteiger partial charge in [0.25, 0.3) is 0 Å². The first-order valence-electron chi connectivity index (χ1n) is 10.6. The normalized spacial score (nSPS) is 17.7. The van der Waals surface area contributed by atoms with Gasteiger partial charge in [0.2, 0.25) is 0 Å². The molecule has 1 aromatic heterocycles. The van der Waals surface area contributed by atoms with Crippen LogP contribution in [0.25, 0.3) is 0 Å². The number of benzene rings is 2. The fraction of sp³-hybridized carbons (Fsp3) is 0.292. The van der Waals surface area contributed by atoms with E-state index >= 15 is 0 Å². The molecule has 1 fully saturated rings. The van der Waals surface area contributed by atoms with E-state index in [2.05, 4.69) is 14.8 Å². The lowest BCUT2D eigenvalue weighted by Crippen LogP contribution is -2.48. The highest BCUT2D eigenvalue weighted by atomic mass is 35.5. The Morgan fingerprint density at radius 2 is 1.79 bits per heavy atom. The van der Waals surface area contributed by atoms with Gasteiger partial charge in [0, 0.05) is 49.3 Å². The molecule has 34 heavy (non-hydrogen) atoms. The molecule has 0 N–H and O–H groups in total. The van der Waals surface area contributed by atoms with Crippen LogP contribution in [0, 0.1) is 0 Å². The standard InChI is InChI=1S/C24H23ClF3N3O2S/c1-34(32,33)21-4-2-3-20(13-21)30-11-12-31(22(16-30)18-6-8-19(25)9-7-18)15-17-5-10-23(29-14-17)24(26,27)28/h2-10,13-14,22H,11-12,15-16H2,1H3. The van der Waals surface area contributed by atoms with E-state index in [0.717, 1.165) is 17.3 Å². The molecule has 3 aromatic rings. The molecule has 1 aliphatic heterocycles. The lowest BCUT2D eigenvalue weighted by Gasteiger charge is -2.43. The van der Waals surface area contributed by atoms with Gasteiger partial charge in [-0.3, -0.25) is 9.88 Å². The van der Waals surface area contributed by atoms with Gasteiger partial charge < -0.3 is 4.90 Å². The number of aromatic nitrogens is 1. The Labute approximate surface area is 201 Å². The Kier molecular flexibility index (Phi) is 6.89. The van der Waals surface area contributed by atoms with Crippen LogP contribution in [0.15, 0.2) is 71.8 Å². The fourth-order valence-corrected chi connectivity index (χ4v) is 4.86. The molecule has 0 bridgehead atoms. The molecule has 1 saturated heterocycles. The van der Waals surface area contributed by atoms with Crippen LogP contribution in [0.2, 0.25) is 5.02 Å². The van der Waals surface area contributed by atoms with Crippen molar-refractivity contribution in [2.24, 2.45) is 0 Å². The number of hydrogen-bond acceptors (Lipinski definition) is 5. The molecular formula is C24H23ClF3N3O2S. The van der Waals surface area contributed by atoms with Gasteiger partial charge in [-0.15, -0.1) is 0 Å². The highest BCUT2D eigenvalue weighted by Gasteiger charge is 2.33. The van der Waals surface area contributed by atoms with Crippen molar-refractivity contribution in [1.82, 2.24) is 9.88 Å². The largest absolute Gasteiger partial charge is 0.433 e. The van der Waals surface area contributed by atoms with Crippen LogP contribution in [0.1, 0.15) is 22.9 Å². The first-order chi connectivity index (χ1) is 16.0. The maximum atomic E-state index is 12.9. The second-order valence-corrected chi connectivity index (χ2v) is 10.8. The Bertz CT molecular complexity index is 1250. The molecular weight excluding hydrogens is 487 g/mol. The van der Waals surface area contributed by atoms with Crippen LogP contribution < -0.4 is 4.90 Å². The Morgan fingerprint density at radius 1 is 1.06 bits per heavy atom. The highest BCUT2D eigenvalue weighted by Crippen LogP contribution is 2.32. The van der Waals surface area contributed by atoms with E-state index < -0.39 is 21.7 Å². The summed E-state index contributed by atoms with van der Waals surface area (Å²) in [7, 11) is -3.34. The van der Waals surface area contributed by atoms with Crippen molar-refractivity contribution in [1.29, 1.82) is 0 Å². The maximum absolute atomic E-state index is 12.9. The second-order valence-electron chi connectivity index (χ2n) is 8.30. The molecule has 0 spiro atoms. The van der Waals surface area contributed by atoms with Crippen LogP contribution in [-0.2, 0) is 22.6 Å². The lowest BCUT2D eigenvalue weighted by molar-refractivity contribution is -0.141. The van der Waals surface area contributed by atoms with E-state index in [1.165, 1.54) is 18.5 Å². The minimum absolute atomic E-state index is 0.0878. The van der Waals surface area contributed by atoms with E-state index in [1.807, 2.05) is 18.2 Å². The summed E-state index contributed by atoms with van der Waals surface area (Å²) in [6, 6.07) is 16.7. The topological polar surface area (TPSA) is 53.5 Å². The van der Waals surface area contributed by atoms with Gasteiger partial charge >= 0.3 is 6.18 Å². The molecule has 1 aliphatic rings. The average Bonchev–Trinajstić information content (AvgIpc) is 2.79. The molecule has 2 aromatic carbocycles. The van der Waals surface area contributed by atoms with Crippen molar-refractivity contribution in [3.05, 3.63) is 88.7 Å². The molecule has 5 nitrogen and oxygen atoms in total. The van der Waals surface area contributed by atoms with Crippen molar-refractivity contribution in [2.45, 2.75) is 23.7 Å². The summed E-state index contributed by atoms with van der Waals surface area (Å²) in [6.07, 6.45) is -2.03. The minimum Gasteiger partial charge on any atom is -0.368 e. The van der Waals surface area contributed by atoms with Crippen LogP contribution >= 0.6 is 11.6 Å². The Balaban J connectivity index is 1.60. The number of alkyl halides is 3. The molecule has 0 amide bonds. The Morgan fingerprint density at radius 3 is 2.41 bits per heavy atom. The zero-order chi connectivity index (χ0) is 24.5. The van der Waals surface area contributed by atoms with E-state index in [0.29, 0.717) is 36.8 Å². The number of rotatable bonds is 5. The minimum atomic E-state index is -4.48. The van der Waals surface area contributed by atoms with Crippen LogP contribution in [-0.4, -0.2) is 44.2 Å². The third-order valence-electron chi connectivity index (χ3n) is 5.86. The Hall–Kier alpha value is -2.62. The van der Waals surface area contributed by atoms with Gasteiger partial charge in [0.15, 0.2) is 9.84 Å². The van der Waals surface area contributed by atoms with Gasteiger partial charge in [-0.2, -0.15) is 13.2 Å². The number of sulfone groups is 1. The lowest BCUT2D eigenvalue weighted by atomic mass is 10.0. The molecule has 4 rings (SSSR count). The number of halogens is 4. The van der Waals surface area contributed by atoms with Crippen LogP contribution in [0.4, 0.5) is 18.9 Å². The summed E-state index contributed by atoms with van der Waals surface area (Å²) in [5, 5.41) is 0.607. The van der Waals surface area contributed by atoms with E-state index in [-0.39, 0.29) is 10.9 Å². The number of hydrogen-bond donors (Lipinski definition) is 0. The number of anilines is 1. The predicted octanol–water partition coefficient (Wildman–Crippen LogP) is 5.22. The van der Waals surface area contributed by atoms with Gasteiger partial charge in [0.1, 0.15) is 5.69 Å². The third kappa shape index (κ3) is 5.71. The molecule has 0 aliphatic carbocycles. The molecule has 1 atom stereocenters. The first-order valence-corrected chi connectivity index (χ1v) is 12.8. The number of nitrogens with zero attached hydrogens (tertiary/aromatic N) is 3. The summed E-state index contributed by atoms with van der Waals surface area (Å²) < 4.78 is 62.6. The molecule has 2 heterocycles. The number of piperazine rings is 1. The van der Waals surface area contributed by atoms with Crippen molar-refractivity contribution in [2.75, 3.05) is 30.8 Å². The van der Waals surface area contributed by atoms with Crippen molar-refractivity contribution >= 4 is 27.1 Å².